The van der Waals surface area contributed by atoms with Gasteiger partial charge in [0.25, 0.3) is 5.56 Å². The van der Waals surface area contributed by atoms with E-state index in [2.05, 4.69) is 33.8 Å². The summed E-state index contributed by atoms with van der Waals surface area (Å²) in [5.74, 6) is 0.884. The fourth-order valence-corrected chi connectivity index (χ4v) is 3.59. The summed E-state index contributed by atoms with van der Waals surface area (Å²) in [6.07, 6.45) is 1.58. The molecule has 1 N–H and O–H groups in total. The van der Waals surface area contributed by atoms with Crippen molar-refractivity contribution in [3.63, 3.8) is 0 Å². The SMILES string of the molecule is CCN(CC)CCSc1nc2c(cnn2-c2cccc(C)c2)c(=O)[nH]1. The van der Waals surface area contributed by atoms with E-state index in [9.17, 15) is 4.79 Å². The van der Waals surface area contributed by atoms with Crippen LogP contribution in [-0.4, -0.2) is 50.0 Å². The van der Waals surface area contributed by atoms with Crippen molar-refractivity contribution in [1.29, 1.82) is 0 Å². The summed E-state index contributed by atoms with van der Waals surface area (Å²) in [6, 6.07) is 8.01. The van der Waals surface area contributed by atoms with Gasteiger partial charge in [-0.15, -0.1) is 0 Å². The van der Waals surface area contributed by atoms with Crippen molar-refractivity contribution in [2.45, 2.75) is 25.9 Å². The topological polar surface area (TPSA) is 66.8 Å². The Hall–Kier alpha value is -2.12. The highest BCUT2D eigenvalue weighted by molar-refractivity contribution is 7.99. The van der Waals surface area contributed by atoms with E-state index in [0.717, 1.165) is 36.6 Å². The summed E-state index contributed by atoms with van der Waals surface area (Å²) in [5.41, 5.74) is 2.50. The summed E-state index contributed by atoms with van der Waals surface area (Å²) in [6.45, 7) is 9.36. The lowest BCUT2D eigenvalue weighted by molar-refractivity contribution is 0.324. The van der Waals surface area contributed by atoms with Crippen molar-refractivity contribution in [3.05, 3.63) is 46.4 Å². The molecule has 132 valence electrons. The average molecular weight is 357 g/mol. The lowest BCUT2D eigenvalue weighted by atomic mass is 10.2. The highest BCUT2D eigenvalue weighted by Crippen LogP contribution is 2.18. The van der Waals surface area contributed by atoms with Gasteiger partial charge >= 0.3 is 0 Å². The van der Waals surface area contributed by atoms with Crippen LogP contribution in [0.5, 0.6) is 0 Å². The van der Waals surface area contributed by atoms with Gasteiger partial charge in [-0.05, 0) is 37.7 Å². The molecule has 25 heavy (non-hydrogen) atoms. The minimum Gasteiger partial charge on any atom is -0.303 e. The fraction of sp³-hybridized carbons (Fsp3) is 0.389. The second-order valence-electron chi connectivity index (χ2n) is 5.88. The predicted octanol–water partition coefficient (Wildman–Crippen LogP) is 2.85. The number of nitrogens with zero attached hydrogens (tertiary/aromatic N) is 4. The molecule has 1 aromatic carbocycles. The number of hydrogen-bond donors (Lipinski definition) is 1. The summed E-state index contributed by atoms with van der Waals surface area (Å²) < 4.78 is 1.73. The quantitative estimate of drug-likeness (QED) is 0.520. The number of rotatable bonds is 7. The Morgan fingerprint density at radius 1 is 1.28 bits per heavy atom. The molecule has 0 radical (unpaired) electrons. The van der Waals surface area contributed by atoms with Crippen LogP contribution in [0.4, 0.5) is 0 Å². The third-order valence-electron chi connectivity index (χ3n) is 4.20. The smallest absolute Gasteiger partial charge is 0.262 e. The van der Waals surface area contributed by atoms with Gasteiger partial charge in [-0.2, -0.15) is 5.10 Å². The van der Waals surface area contributed by atoms with Crippen molar-refractivity contribution in [1.82, 2.24) is 24.6 Å². The van der Waals surface area contributed by atoms with Gasteiger partial charge in [0.05, 0.1) is 11.9 Å². The molecule has 0 bridgehead atoms. The first-order valence-electron chi connectivity index (χ1n) is 8.52. The van der Waals surface area contributed by atoms with Gasteiger partial charge in [0, 0.05) is 12.3 Å². The van der Waals surface area contributed by atoms with E-state index in [4.69, 9.17) is 0 Å². The molecule has 0 amide bonds. The predicted molar refractivity (Wildman–Crippen MR) is 103 cm³/mol. The number of aromatic amines is 1. The van der Waals surface area contributed by atoms with Gasteiger partial charge in [-0.25, -0.2) is 9.67 Å². The highest BCUT2D eigenvalue weighted by atomic mass is 32.2. The van der Waals surface area contributed by atoms with Crippen LogP contribution >= 0.6 is 11.8 Å². The molecule has 0 fully saturated rings. The van der Waals surface area contributed by atoms with E-state index in [-0.39, 0.29) is 5.56 Å². The molecular weight excluding hydrogens is 334 g/mol. The monoisotopic (exact) mass is 357 g/mol. The van der Waals surface area contributed by atoms with Crippen LogP contribution in [0.15, 0.2) is 40.4 Å². The van der Waals surface area contributed by atoms with Crippen molar-refractivity contribution < 1.29 is 0 Å². The minimum atomic E-state index is -0.144. The number of nitrogens with one attached hydrogen (secondary N) is 1. The summed E-state index contributed by atoms with van der Waals surface area (Å²) in [5, 5.41) is 5.51. The molecule has 0 atom stereocenters. The van der Waals surface area contributed by atoms with Crippen LogP contribution < -0.4 is 5.56 Å². The van der Waals surface area contributed by atoms with Gasteiger partial charge < -0.3 is 9.88 Å². The van der Waals surface area contributed by atoms with Gasteiger partial charge in [0.15, 0.2) is 10.8 Å². The van der Waals surface area contributed by atoms with Crippen molar-refractivity contribution in [2.24, 2.45) is 0 Å². The Bertz CT molecular complexity index is 913. The maximum absolute atomic E-state index is 12.3. The molecule has 3 rings (SSSR count). The lowest BCUT2D eigenvalue weighted by Gasteiger charge is -2.16. The summed E-state index contributed by atoms with van der Waals surface area (Å²) in [7, 11) is 0. The van der Waals surface area contributed by atoms with Gasteiger partial charge in [0.2, 0.25) is 0 Å². The Balaban J connectivity index is 1.89. The number of fused-ring (bicyclic) bond motifs is 1. The van der Waals surface area contributed by atoms with E-state index in [0.29, 0.717) is 16.2 Å². The maximum atomic E-state index is 12.3. The summed E-state index contributed by atoms with van der Waals surface area (Å²) in [4.78, 5) is 22.2. The maximum Gasteiger partial charge on any atom is 0.262 e. The van der Waals surface area contributed by atoms with Gasteiger partial charge in [-0.1, -0.05) is 37.7 Å². The Labute approximate surface area is 151 Å². The Kier molecular flexibility index (Phi) is 5.55. The molecule has 0 saturated carbocycles. The molecule has 0 aliphatic carbocycles. The number of hydrogen-bond acceptors (Lipinski definition) is 5. The minimum absolute atomic E-state index is 0.144. The van der Waals surface area contributed by atoms with Crippen LogP contribution in [0.3, 0.4) is 0 Å². The first-order valence-corrected chi connectivity index (χ1v) is 9.51. The van der Waals surface area contributed by atoms with Crippen LogP contribution in [0, 0.1) is 6.92 Å². The molecule has 0 spiro atoms. The standard InChI is InChI=1S/C18H23N5OS/c1-4-22(5-2)9-10-25-18-20-16-15(17(24)21-18)12-19-23(16)14-8-6-7-13(3)11-14/h6-8,11-12H,4-5,9-10H2,1-3H3,(H,20,21,24). The third kappa shape index (κ3) is 3.93. The van der Waals surface area contributed by atoms with E-state index < -0.39 is 0 Å². The molecular formula is C18H23N5OS. The van der Waals surface area contributed by atoms with E-state index >= 15 is 0 Å². The van der Waals surface area contributed by atoms with Crippen molar-refractivity contribution in [2.75, 3.05) is 25.4 Å². The summed E-state index contributed by atoms with van der Waals surface area (Å²) >= 11 is 1.57. The Morgan fingerprint density at radius 2 is 2.08 bits per heavy atom. The molecule has 7 heteroatoms. The van der Waals surface area contributed by atoms with E-state index in [1.54, 1.807) is 22.6 Å². The number of aryl methyl sites for hydroxylation is 1. The zero-order valence-corrected chi connectivity index (χ0v) is 15.6. The molecule has 6 nitrogen and oxygen atoms in total. The Morgan fingerprint density at radius 3 is 2.80 bits per heavy atom. The molecule has 0 saturated heterocycles. The zero-order chi connectivity index (χ0) is 17.8. The second kappa shape index (κ2) is 7.84. The molecule has 0 aliphatic rings. The molecule has 2 heterocycles. The van der Waals surface area contributed by atoms with Gasteiger partial charge in [-0.3, -0.25) is 4.79 Å². The number of aromatic nitrogens is 4. The van der Waals surface area contributed by atoms with Crippen LogP contribution in [0.1, 0.15) is 19.4 Å². The molecule has 2 aromatic heterocycles. The first kappa shape index (κ1) is 17.7. The molecule has 3 aromatic rings. The first-order chi connectivity index (χ1) is 12.1. The van der Waals surface area contributed by atoms with Crippen molar-refractivity contribution >= 4 is 22.8 Å². The van der Waals surface area contributed by atoms with E-state index in [1.165, 1.54) is 0 Å². The molecule has 0 aliphatic heterocycles. The van der Waals surface area contributed by atoms with Crippen LogP contribution in [0.25, 0.3) is 16.7 Å². The van der Waals surface area contributed by atoms with Crippen molar-refractivity contribution in [3.8, 4) is 5.69 Å². The number of thioether (sulfide) groups is 1. The second-order valence-corrected chi connectivity index (χ2v) is 6.96. The highest BCUT2D eigenvalue weighted by Gasteiger charge is 2.12. The molecule has 0 unspecified atom stereocenters. The van der Waals surface area contributed by atoms with Crippen LogP contribution in [-0.2, 0) is 0 Å². The third-order valence-corrected chi connectivity index (χ3v) is 5.06. The zero-order valence-electron chi connectivity index (χ0n) is 14.8. The van der Waals surface area contributed by atoms with E-state index in [1.807, 2.05) is 31.2 Å². The normalized spacial score (nSPS) is 11.5. The number of benzene rings is 1. The lowest BCUT2D eigenvalue weighted by Crippen LogP contribution is -2.25. The fourth-order valence-electron chi connectivity index (χ4n) is 2.73. The van der Waals surface area contributed by atoms with Crippen LogP contribution in [0.2, 0.25) is 0 Å². The van der Waals surface area contributed by atoms with Gasteiger partial charge in [0.1, 0.15) is 5.39 Å². The average Bonchev–Trinajstić information content (AvgIpc) is 3.03. The number of H-pyrrole nitrogens is 1. The largest absolute Gasteiger partial charge is 0.303 e.